The molecule has 0 spiro atoms. The van der Waals surface area contributed by atoms with Crippen LogP contribution in [0.3, 0.4) is 0 Å². The van der Waals surface area contributed by atoms with Gasteiger partial charge >= 0.3 is 21.2 Å². The Hall–Kier alpha value is -9.77. The summed E-state index contributed by atoms with van der Waals surface area (Å²) in [4.78, 5) is 96.1. The first-order valence-electron chi connectivity index (χ1n) is 39.1. The van der Waals surface area contributed by atoms with E-state index in [1.54, 1.807) is 121 Å². The first-order chi connectivity index (χ1) is 58.1. The second kappa shape index (κ2) is 49.1. The van der Waals surface area contributed by atoms with Gasteiger partial charge in [-0.05, 0) is 144 Å². The number of carbonyl (C=O) groups is 6. The Bertz CT molecular complexity index is 5150. The molecular formula is C86H111F3N10O19P2S3. The highest BCUT2D eigenvalue weighted by molar-refractivity contribution is 8.00. The highest BCUT2D eigenvalue weighted by Crippen LogP contribution is 2.57. The molecule has 6 aromatic carbocycles. The lowest BCUT2D eigenvalue weighted by Crippen LogP contribution is -2.31. The Morgan fingerprint density at radius 1 is 0.488 bits per heavy atom. The lowest BCUT2D eigenvalue weighted by Gasteiger charge is -2.26. The molecular weight excluding hydrogens is 1690 g/mol. The highest BCUT2D eigenvalue weighted by atomic mass is 32.2. The fourth-order valence-electron chi connectivity index (χ4n) is 13.5. The molecule has 5 amide bonds. The van der Waals surface area contributed by atoms with E-state index in [-0.39, 0.29) is 159 Å². The van der Waals surface area contributed by atoms with E-state index in [0.717, 1.165) is 18.7 Å². The SMILES string of the molecule is C.C.CCN(CC)C(=O)CCSC1c2c(c(O)c3ncccc3c2OC)C(=O)N1Cc1ccc(F)cc1.CCNCC.CCOP(=O)(CN)OCC.CCOP(=O)(CNC(=O)CCSC1c2c(c(O)c3ncccc3c2OC)C(=O)N1Cc1ccc(F)cc1)OCC.COc1c2c(c(O)c3ncccc13)C(=O)N(Cc1ccc(F)cc1)C2SCCC(=O)O. The largest absolute Gasteiger partial charge is 0.505 e. The second-order valence-electron chi connectivity index (χ2n) is 26.6. The summed E-state index contributed by atoms with van der Waals surface area (Å²) in [6.07, 6.45) is 4.58. The van der Waals surface area contributed by atoms with Crippen molar-refractivity contribution in [2.75, 3.05) is 104 Å². The third kappa shape index (κ3) is 25.3. The van der Waals surface area contributed by atoms with Crippen molar-refractivity contribution in [2.24, 2.45) is 5.73 Å². The summed E-state index contributed by atoms with van der Waals surface area (Å²) in [6.45, 7) is 20.0. The number of pyridine rings is 3. The van der Waals surface area contributed by atoms with Crippen molar-refractivity contribution >= 4 is 119 Å². The van der Waals surface area contributed by atoms with Crippen molar-refractivity contribution in [1.29, 1.82) is 0 Å². The lowest BCUT2D eigenvalue weighted by molar-refractivity contribution is -0.136. The quantitative estimate of drug-likeness (QED) is 0.0179. The Morgan fingerprint density at radius 2 is 0.797 bits per heavy atom. The van der Waals surface area contributed by atoms with E-state index < -0.39 is 54.9 Å². The summed E-state index contributed by atoms with van der Waals surface area (Å²) in [7, 11) is -1.88. The van der Waals surface area contributed by atoms with Crippen LogP contribution in [0.15, 0.2) is 128 Å². The van der Waals surface area contributed by atoms with Gasteiger partial charge < -0.3 is 88.7 Å². The number of carboxylic acids is 1. The molecule has 123 heavy (non-hydrogen) atoms. The number of nitrogens with one attached hydrogen (secondary N) is 2. The van der Waals surface area contributed by atoms with Gasteiger partial charge in [-0.25, -0.2) is 13.2 Å². The molecule has 29 nitrogen and oxygen atoms in total. The number of thioether (sulfide) groups is 3. The van der Waals surface area contributed by atoms with Crippen LogP contribution in [0.5, 0.6) is 34.5 Å². The normalized spacial score (nSPS) is 14.3. The van der Waals surface area contributed by atoms with E-state index in [0.29, 0.717) is 105 Å². The molecule has 0 bridgehead atoms. The number of phenolic OH excluding ortho intramolecular Hbond substituents is 3. The number of carboxylic acid groups (broad SMARTS) is 1. The Kier molecular flexibility index (Phi) is 40.7. The fourth-order valence-corrected chi connectivity index (χ4v) is 19.8. The van der Waals surface area contributed by atoms with Crippen LogP contribution in [0.2, 0.25) is 0 Å². The van der Waals surface area contributed by atoms with Crippen LogP contribution in [0.4, 0.5) is 13.2 Å². The third-order valence-corrected chi connectivity index (χ3v) is 26.2. The molecule has 3 unspecified atom stereocenters. The zero-order valence-electron chi connectivity index (χ0n) is 69.2. The minimum Gasteiger partial charge on any atom is -0.505 e. The number of hydrogen-bond donors (Lipinski definition) is 7. The molecule has 0 saturated heterocycles. The van der Waals surface area contributed by atoms with Gasteiger partial charge in [0, 0.05) is 114 Å². The molecule has 3 aliphatic rings. The monoisotopic (exact) mass is 1800 g/mol. The van der Waals surface area contributed by atoms with Gasteiger partial charge in [0.1, 0.15) is 73.7 Å². The number of aromatic hydroxyl groups is 3. The fraction of sp³-hybridized carbons (Fsp3) is 0.407. The molecule has 668 valence electrons. The predicted octanol–water partition coefficient (Wildman–Crippen LogP) is 16.9. The number of rotatable bonds is 36. The van der Waals surface area contributed by atoms with Gasteiger partial charge in [0.15, 0.2) is 17.2 Å². The zero-order chi connectivity index (χ0) is 88.3. The second-order valence-corrected chi connectivity index (χ2v) is 34.3. The molecule has 0 aliphatic carbocycles. The van der Waals surface area contributed by atoms with Gasteiger partial charge in [-0.3, -0.25) is 52.8 Å². The van der Waals surface area contributed by atoms with Crippen molar-refractivity contribution in [3.8, 4) is 34.5 Å². The number of nitrogens with two attached hydrogens (primary N) is 1. The average Bonchev–Trinajstić information content (AvgIpc) is 1.60. The molecule has 0 fully saturated rings. The number of methoxy groups -OCH3 is 3. The van der Waals surface area contributed by atoms with Crippen LogP contribution in [0.25, 0.3) is 32.7 Å². The maximum absolute atomic E-state index is 13.7. The van der Waals surface area contributed by atoms with Crippen molar-refractivity contribution < 1.29 is 104 Å². The number of aliphatic carboxylic acids is 1. The molecule has 3 atom stereocenters. The number of ether oxygens (including phenoxy) is 3. The van der Waals surface area contributed by atoms with Crippen molar-refractivity contribution in [1.82, 2.24) is 45.2 Å². The number of nitrogens with zero attached hydrogens (tertiary/aromatic N) is 7. The van der Waals surface area contributed by atoms with E-state index in [2.05, 4.69) is 39.4 Å². The molecule has 8 N–H and O–H groups in total. The molecule has 6 heterocycles. The summed E-state index contributed by atoms with van der Waals surface area (Å²) in [6, 6.07) is 28.0. The molecule has 12 rings (SSSR count). The van der Waals surface area contributed by atoms with E-state index in [4.69, 9.17) is 43.1 Å². The van der Waals surface area contributed by atoms with E-state index in [9.17, 15) is 66.4 Å². The average molecular weight is 1800 g/mol. The van der Waals surface area contributed by atoms with Gasteiger partial charge in [0.05, 0.1) is 77.2 Å². The number of fused-ring (bicyclic) bond motifs is 6. The Morgan fingerprint density at radius 3 is 1.07 bits per heavy atom. The number of amides is 5. The van der Waals surface area contributed by atoms with E-state index in [1.807, 2.05) is 13.8 Å². The van der Waals surface area contributed by atoms with Crippen molar-refractivity contribution in [3.63, 3.8) is 0 Å². The van der Waals surface area contributed by atoms with Gasteiger partial charge in [0.2, 0.25) is 11.8 Å². The number of benzene rings is 6. The number of aromatic nitrogens is 3. The summed E-state index contributed by atoms with van der Waals surface area (Å²) in [5.74, 6) is -1.97. The third-order valence-electron chi connectivity index (χ3n) is 18.9. The lowest BCUT2D eigenvalue weighted by atomic mass is 10.0. The van der Waals surface area contributed by atoms with E-state index >= 15 is 0 Å². The van der Waals surface area contributed by atoms with Crippen molar-refractivity contribution in [3.05, 3.63) is 195 Å². The van der Waals surface area contributed by atoms with Gasteiger partial charge in [-0.1, -0.05) is 65.1 Å². The number of carbonyl (C=O) groups excluding carboxylic acids is 5. The van der Waals surface area contributed by atoms with Crippen LogP contribution in [-0.4, -0.2) is 194 Å². The van der Waals surface area contributed by atoms with Crippen LogP contribution < -0.4 is 30.6 Å². The number of phenols is 3. The minimum atomic E-state index is -3.44. The Labute approximate surface area is 728 Å². The smallest absolute Gasteiger partial charge is 0.349 e. The molecule has 37 heteroatoms. The number of halogens is 3. The number of hydrogen-bond acceptors (Lipinski definition) is 26. The summed E-state index contributed by atoms with van der Waals surface area (Å²) in [5.41, 5.74) is 9.97. The van der Waals surface area contributed by atoms with Crippen molar-refractivity contribution in [2.45, 2.75) is 125 Å². The maximum atomic E-state index is 13.7. The topological polar surface area (TPSA) is 384 Å². The van der Waals surface area contributed by atoms with E-state index in [1.165, 1.54) is 110 Å². The first-order valence-corrected chi connectivity index (χ1v) is 45.7. The highest BCUT2D eigenvalue weighted by Gasteiger charge is 2.47. The molecule has 0 saturated carbocycles. The van der Waals surface area contributed by atoms with Gasteiger partial charge in [-0.2, -0.15) is 0 Å². The molecule has 3 aromatic heterocycles. The Balaban J connectivity index is 0.000000262. The van der Waals surface area contributed by atoms with Crippen LogP contribution in [0.1, 0.15) is 170 Å². The molecule has 9 aromatic rings. The molecule has 3 aliphatic heterocycles. The van der Waals surface area contributed by atoms with Gasteiger partial charge in [-0.15, -0.1) is 35.3 Å². The van der Waals surface area contributed by atoms with Gasteiger partial charge in [0.25, 0.3) is 17.7 Å². The summed E-state index contributed by atoms with van der Waals surface area (Å²) < 4.78 is 101. The summed E-state index contributed by atoms with van der Waals surface area (Å²) >= 11 is 4.04. The zero-order valence-corrected chi connectivity index (χ0v) is 73.4. The minimum absolute atomic E-state index is 0. The maximum Gasteiger partial charge on any atom is 0.349 e. The van der Waals surface area contributed by atoms with Crippen LogP contribution in [0, 0.1) is 17.5 Å². The molecule has 0 radical (unpaired) electrons. The van der Waals surface area contributed by atoms with Crippen LogP contribution in [-0.2, 0) is 61.2 Å². The summed E-state index contributed by atoms with van der Waals surface area (Å²) in [5, 5.41) is 47.8. The van der Waals surface area contributed by atoms with Crippen LogP contribution >= 0.6 is 50.5 Å². The predicted molar refractivity (Wildman–Crippen MR) is 475 cm³/mol. The first kappa shape index (κ1) is 102. The standard InChI is InChI=1S/C27H31FN3O7PS.C26H28FN3O4S.C22H19FN2O5S.C5H14NO3P.C4H11N.2CH4/c1-4-37-39(35,38-5-2)16-30-20(32)12-14-40-27-22-21(24(33)23-19(25(22)36-3)7-6-13-29-23)26(34)31(27)15-17-8-10-18(28)11-9-17;1-4-29(5-2)19(31)12-14-35-26-21-20(23(32)22-18(24(21)34-3)7-6-13-28-22)25(33)30(26)15-16-8-10-17(27)11-9-16;1-30-20-14-3-2-9-24-18(14)19(28)16-17(20)22(31-10-8-15(26)27)25(21(16)29)11-12-4-6-13(23)7-5-12;1-3-8-10(7,5-6)9-4-2;1-3-5-4-2;;/h6-11,13,27,33H,4-5,12,14-16H2,1-3H3,(H,30,32);6-11,13,26,32H,4-5,12,14-15H2,1-3H3;2-7,9,22,28H,8,10-11H2,1H3,(H,26,27);3-6H2,1-2H3;5H,3-4H2,1-2H3;2*1H4.